The Kier molecular flexibility index (Phi) is 8.33. The van der Waals surface area contributed by atoms with E-state index in [4.69, 9.17) is 5.11 Å². The summed E-state index contributed by atoms with van der Waals surface area (Å²) in [6.45, 7) is 6.18. The first-order chi connectivity index (χ1) is 8.24. The van der Waals surface area contributed by atoms with Crippen molar-refractivity contribution in [3.63, 3.8) is 0 Å². The van der Waals surface area contributed by atoms with Gasteiger partial charge in [-0.25, -0.2) is 0 Å². The molecule has 1 aliphatic rings. The van der Waals surface area contributed by atoms with Crippen LogP contribution in [0.1, 0.15) is 46.0 Å². The van der Waals surface area contributed by atoms with E-state index >= 15 is 0 Å². The average Bonchev–Trinajstić information content (AvgIpc) is 2.34. The van der Waals surface area contributed by atoms with Crippen LogP contribution >= 0.6 is 11.8 Å². The predicted octanol–water partition coefficient (Wildman–Crippen LogP) is 2.91. The van der Waals surface area contributed by atoms with E-state index in [1.807, 2.05) is 11.8 Å². The summed E-state index contributed by atoms with van der Waals surface area (Å²) in [6.07, 6.45) is 6.48. The lowest BCUT2D eigenvalue weighted by atomic mass is 9.80. The molecule has 0 aliphatic heterocycles. The third kappa shape index (κ3) is 6.68. The zero-order chi connectivity index (χ0) is 12.5. The van der Waals surface area contributed by atoms with Gasteiger partial charge in [0.15, 0.2) is 0 Å². The molecule has 3 heteroatoms. The number of rotatable bonds is 8. The summed E-state index contributed by atoms with van der Waals surface area (Å²) in [6, 6.07) is 0.767. The van der Waals surface area contributed by atoms with Crippen molar-refractivity contribution >= 4 is 11.8 Å². The number of hydrogen-bond acceptors (Lipinski definition) is 3. The van der Waals surface area contributed by atoms with Crippen LogP contribution in [0.3, 0.4) is 0 Å². The molecular formula is C14H29NOS. The second-order valence-corrected chi connectivity index (χ2v) is 6.72. The maximum absolute atomic E-state index is 8.67. The van der Waals surface area contributed by atoms with Crippen molar-refractivity contribution in [3.05, 3.63) is 0 Å². The fourth-order valence-electron chi connectivity index (χ4n) is 2.59. The maximum Gasteiger partial charge on any atom is 0.0438 e. The number of aliphatic hydroxyl groups is 1. The molecule has 0 unspecified atom stereocenters. The van der Waals surface area contributed by atoms with Gasteiger partial charge in [0.25, 0.3) is 0 Å². The largest absolute Gasteiger partial charge is 0.396 e. The molecule has 0 radical (unpaired) electrons. The monoisotopic (exact) mass is 259 g/mol. The molecule has 0 aromatic rings. The highest BCUT2D eigenvalue weighted by molar-refractivity contribution is 7.99. The van der Waals surface area contributed by atoms with Crippen molar-refractivity contribution in [2.45, 2.75) is 52.0 Å². The van der Waals surface area contributed by atoms with E-state index in [2.05, 4.69) is 19.2 Å². The molecule has 0 atom stereocenters. The third-order valence-electron chi connectivity index (χ3n) is 3.84. The SMILES string of the molecule is CC(C)C1CCC(NCCSCCCO)CC1. The summed E-state index contributed by atoms with van der Waals surface area (Å²) < 4.78 is 0. The fraction of sp³-hybridized carbons (Fsp3) is 1.00. The summed E-state index contributed by atoms with van der Waals surface area (Å²) in [5, 5.41) is 12.3. The Morgan fingerprint density at radius 1 is 1.18 bits per heavy atom. The molecule has 0 amide bonds. The van der Waals surface area contributed by atoms with Gasteiger partial charge in [0.05, 0.1) is 0 Å². The summed E-state index contributed by atoms with van der Waals surface area (Å²) >= 11 is 1.95. The van der Waals surface area contributed by atoms with Crippen LogP contribution in [0.2, 0.25) is 0 Å². The van der Waals surface area contributed by atoms with Crippen LogP contribution in [0.4, 0.5) is 0 Å². The first kappa shape index (κ1) is 15.3. The van der Waals surface area contributed by atoms with E-state index in [1.54, 1.807) is 0 Å². The summed E-state index contributed by atoms with van der Waals surface area (Å²) in [4.78, 5) is 0. The first-order valence-corrected chi connectivity index (χ1v) is 8.31. The van der Waals surface area contributed by atoms with Gasteiger partial charge < -0.3 is 10.4 Å². The highest BCUT2D eigenvalue weighted by Gasteiger charge is 2.22. The van der Waals surface area contributed by atoms with E-state index in [1.165, 1.54) is 31.4 Å². The molecule has 17 heavy (non-hydrogen) atoms. The van der Waals surface area contributed by atoms with Gasteiger partial charge in [0.2, 0.25) is 0 Å². The average molecular weight is 259 g/mol. The van der Waals surface area contributed by atoms with Crippen molar-refractivity contribution in [1.82, 2.24) is 5.32 Å². The molecule has 1 fully saturated rings. The summed E-state index contributed by atoms with van der Waals surface area (Å²) in [5.41, 5.74) is 0. The Bertz CT molecular complexity index is 179. The van der Waals surface area contributed by atoms with Crippen LogP contribution in [-0.2, 0) is 0 Å². The molecule has 0 saturated heterocycles. The smallest absolute Gasteiger partial charge is 0.0438 e. The first-order valence-electron chi connectivity index (χ1n) is 7.16. The molecule has 1 rings (SSSR count). The van der Waals surface area contributed by atoms with Gasteiger partial charge in [-0.2, -0.15) is 11.8 Å². The van der Waals surface area contributed by atoms with Crippen molar-refractivity contribution in [2.75, 3.05) is 24.7 Å². The molecule has 0 aromatic carbocycles. The van der Waals surface area contributed by atoms with Crippen LogP contribution in [-0.4, -0.2) is 35.8 Å². The Balaban J connectivity index is 1.95. The van der Waals surface area contributed by atoms with E-state index in [9.17, 15) is 0 Å². The van der Waals surface area contributed by atoms with Crippen molar-refractivity contribution in [1.29, 1.82) is 0 Å². The minimum atomic E-state index is 0.333. The van der Waals surface area contributed by atoms with Crippen molar-refractivity contribution in [3.8, 4) is 0 Å². The third-order valence-corrected chi connectivity index (χ3v) is 4.91. The lowest BCUT2D eigenvalue weighted by Crippen LogP contribution is -2.35. The predicted molar refractivity (Wildman–Crippen MR) is 77.6 cm³/mol. The summed E-state index contributed by atoms with van der Waals surface area (Å²) in [5.74, 6) is 4.11. The van der Waals surface area contributed by atoms with Crippen LogP contribution < -0.4 is 5.32 Å². The van der Waals surface area contributed by atoms with Gasteiger partial charge in [-0.3, -0.25) is 0 Å². The Labute approximate surface area is 111 Å². The van der Waals surface area contributed by atoms with Gasteiger partial charge in [-0.05, 0) is 49.7 Å². The molecule has 1 aliphatic carbocycles. The van der Waals surface area contributed by atoms with E-state index in [0.717, 1.165) is 36.6 Å². The van der Waals surface area contributed by atoms with Gasteiger partial charge in [-0.1, -0.05) is 13.8 Å². The molecule has 0 aromatic heterocycles. The fourth-order valence-corrected chi connectivity index (χ4v) is 3.39. The number of nitrogens with one attached hydrogen (secondary N) is 1. The highest BCUT2D eigenvalue weighted by atomic mass is 32.2. The summed E-state index contributed by atoms with van der Waals surface area (Å²) in [7, 11) is 0. The van der Waals surface area contributed by atoms with Crippen LogP contribution in [0.15, 0.2) is 0 Å². The molecule has 102 valence electrons. The quantitative estimate of drug-likeness (QED) is 0.657. The maximum atomic E-state index is 8.67. The Morgan fingerprint density at radius 3 is 2.47 bits per heavy atom. The normalized spacial score (nSPS) is 25.4. The number of aliphatic hydroxyl groups excluding tert-OH is 1. The minimum Gasteiger partial charge on any atom is -0.396 e. The Morgan fingerprint density at radius 2 is 1.88 bits per heavy atom. The standard InChI is InChI=1S/C14H29NOS/c1-12(2)13-4-6-14(7-5-13)15-8-11-17-10-3-9-16/h12-16H,3-11H2,1-2H3. The Hall–Kier alpha value is 0.270. The van der Waals surface area contributed by atoms with Gasteiger partial charge in [0, 0.05) is 24.9 Å². The molecule has 0 spiro atoms. The second kappa shape index (κ2) is 9.23. The van der Waals surface area contributed by atoms with Gasteiger partial charge in [-0.15, -0.1) is 0 Å². The topological polar surface area (TPSA) is 32.3 Å². The molecule has 0 bridgehead atoms. The van der Waals surface area contributed by atoms with Crippen molar-refractivity contribution in [2.24, 2.45) is 11.8 Å². The van der Waals surface area contributed by atoms with Gasteiger partial charge >= 0.3 is 0 Å². The molecule has 2 nitrogen and oxygen atoms in total. The van der Waals surface area contributed by atoms with E-state index in [-0.39, 0.29) is 0 Å². The zero-order valence-electron chi connectivity index (χ0n) is 11.5. The van der Waals surface area contributed by atoms with Crippen LogP contribution in [0, 0.1) is 11.8 Å². The lowest BCUT2D eigenvalue weighted by Gasteiger charge is -2.31. The molecule has 0 heterocycles. The van der Waals surface area contributed by atoms with Gasteiger partial charge in [0.1, 0.15) is 0 Å². The second-order valence-electron chi connectivity index (χ2n) is 5.50. The minimum absolute atomic E-state index is 0.333. The molecular weight excluding hydrogens is 230 g/mol. The molecule has 2 N–H and O–H groups in total. The van der Waals surface area contributed by atoms with Crippen molar-refractivity contribution < 1.29 is 5.11 Å². The zero-order valence-corrected chi connectivity index (χ0v) is 12.3. The van der Waals surface area contributed by atoms with E-state index < -0.39 is 0 Å². The van der Waals surface area contributed by atoms with Crippen LogP contribution in [0.5, 0.6) is 0 Å². The van der Waals surface area contributed by atoms with Crippen LogP contribution in [0.25, 0.3) is 0 Å². The number of hydrogen-bond donors (Lipinski definition) is 2. The van der Waals surface area contributed by atoms with E-state index in [0.29, 0.717) is 6.61 Å². The highest BCUT2D eigenvalue weighted by Crippen LogP contribution is 2.29. The number of thioether (sulfide) groups is 1. The molecule has 1 saturated carbocycles. The lowest BCUT2D eigenvalue weighted by molar-refractivity contribution is 0.241.